The van der Waals surface area contributed by atoms with Crippen molar-refractivity contribution in [3.05, 3.63) is 194 Å². The Morgan fingerprint density at radius 2 is 0.871 bits per heavy atom. The van der Waals surface area contributed by atoms with E-state index in [4.69, 9.17) is 37.1 Å². The summed E-state index contributed by atoms with van der Waals surface area (Å²) in [6.45, 7) is 6.08. The third-order valence-corrected chi connectivity index (χ3v) is 8.80. The number of benzene rings is 7. The number of anilines is 4. The van der Waals surface area contributed by atoms with E-state index in [-0.39, 0.29) is 22.7 Å². The number of rotatable bonds is 8. The van der Waals surface area contributed by atoms with Gasteiger partial charge in [-0.2, -0.15) is 0 Å². The van der Waals surface area contributed by atoms with E-state index in [1.807, 2.05) is 105 Å². The molecule has 0 aliphatic carbocycles. The minimum absolute atomic E-state index is 0.0876. The van der Waals surface area contributed by atoms with Crippen molar-refractivity contribution >= 4 is 46.0 Å². The fraction of sp³-hybridized carbons (Fsp3) is 0.0851. The van der Waals surface area contributed by atoms with E-state index in [0.29, 0.717) is 28.6 Å². The molecule has 7 aromatic carbocycles. The van der Waals surface area contributed by atoms with Crippen LogP contribution in [0.5, 0.6) is 34.5 Å². The summed E-state index contributed by atoms with van der Waals surface area (Å²) >= 11 is 0. The number of aryl methyl sites for hydroxylation is 3. The molecule has 0 atom stereocenters. The largest absolute Gasteiger partial charge is 0.457 e. The lowest BCUT2D eigenvalue weighted by Crippen LogP contribution is -1.95. The number of hydrogen-bond donors (Lipinski definition) is 4. The predicted octanol–water partition coefficient (Wildman–Crippen LogP) is 11.6. The maximum Gasteiger partial charge on any atom is 0.292 e. The van der Waals surface area contributed by atoms with Gasteiger partial charge in [0.25, 0.3) is 11.4 Å². The first kappa shape index (κ1) is 44.6. The van der Waals surface area contributed by atoms with Gasteiger partial charge in [-0.3, -0.25) is 25.2 Å². The number of fused-ring (bicyclic) bond motifs is 1. The summed E-state index contributed by atoms with van der Waals surface area (Å²) in [5, 5.41) is 20.7. The van der Waals surface area contributed by atoms with Crippen LogP contribution < -0.4 is 37.1 Å². The molecular weight excluding hydrogens is 794 g/mol. The van der Waals surface area contributed by atoms with Crippen LogP contribution in [0.1, 0.15) is 22.3 Å². The highest BCUT2D eigenvalue weighted by molar-refractivity contribution is 5.76. The average Bonchev–Trinajstić information content (AvgIpc) is 3.71. The first-order valence-corrected chi connectivity index (χ1v) is 18.9. The van der Waals surface area contributed by atoms with E-state index in [0.717, 1.165) is 53.1 Å². The van der Waals surface area contributed by atoms with Gasteiger partial charge in [-0.15, -0.1) is 0 Å². The van der Waals surface area contributed by atoms with Gasteiger partial charge >= 0.3 is 0 Å². The zero-order valence-electron chi connectivity index (χ0n) is 34.0. The molecular formula is C47H44FN7O7. The minimum atomic E-state index is -0.658. The van der Waals surface area contributed by atoms with Crippen LogP contribution in [0, 0.1) is 46.8 Å². The van der Waals surface area contributed by atoms with E-state index in [1.54, 1.807) is 18.2 Å². The molecule has 0 amide bonds. The lowest BCUT2D eigenvalue weighted by molar-refractivity contribution is -0.384. The van der Waals surface area contributed by atoms with Crippen LogP contribution in [-0.2, 0) is 6.42 Å². The quantitative estimate of drug-likeness (QED) is 0.0638. The molecule has 15 heteroatoms. The Kier molecular flexibility index (Phi) is 15.1. The third kappa shape index (κ3) is 13.3. The fourth-order valence-electron chi connectivity index (χ4n) is 5.45. The Hall–Kier alpha value is -8.46. The van der Waals surface area contributed by atoms with Crippen molar-refractivity contribution in [3.8, 4) is 34.5 Å². The van der Waals surface area contributed by atoms with Crippen LogP contribution in [0.3, 0.4) is 0 Å². The summed E-state index contributed by atoms with van der Waals surface area (Å²) < 4.78 is 29.3. The molecule has 0 radical (unpaired) electrons. The summed E-state index contributed by atoms with van der Waals surface area (Å²) in [4.78, 5) is 23.8. The van der Waals surface area contributed by atoms with Crippen LogP contribution in [0.2, 0.25) is 0 Å². The Bertz CT molecular complexity index is 2680. The Balaban J connectivity index is 0.000000158. The van der Waals surface area contributed by atoms with Gasteiger partial charge in [0.1, 0.15) is 51.7 Å². The summed E-state index contributed by atoms with van der Waals surface area (Å²) in [6, 6.07) is 41.9. The number of nitro benzene ring substituents is 2. The van der Waals surface area contributed by atoms with Gasteiger partial charge in [0, 0.05) is 43.0 Å². The maximum absolute atomic E-state index is 12.3. The maximum atomic E-state index is 12.3. The van der Waals surface area contributed by atoms with Gasteiger partial charge in [0.05, 0.1) is 26.9 Å². The molecule has 316 valence electrons. The van der Waals surface area contributed by atoms with E-state index < -0.39 is 15.7 Å². The van der Waals surface area contributed by atoms with Crippen LogP contribution in [0.4, 0.5) is 44.2 Å². The van der Waals surface area contributed by atoms with E-state index in [1.165, 1.54) is 34.9 Å². The van der Waals surface area contributed by atoms with Gasteiger partial charge in [-0.25, -0.2) is 4.39 Å². The van der Waals surface area contributed by atoms with Crippen molar-refractivity contribution < 1.29 is 28.4 Å². The second-order valence-electron chi connectivity index (χ2n) is 13.8. The molecule has 0 saturated heterocycles. The van der Waals surface area contributed by atoms with E-state index >= 15 is 0 Å². The molecule has 62 heavy (non-hydrogen) atoms. The molecule has 1 aliphatic rings. The Labute approximate surface area is 357 Å². The van der Waals surface area contributed by atoms with Gasteiger partial charge in [-0.1, -0.05) is 53.1 Å². The van der Waals surface area contributed by atoms with Gasteiger partial charge in [0.15, 0.2) is 0 Å². The van der Waals surface area contributed by atoms with E-state index in [2.05, 4.69) is 18.0 Å². The zero-order chi connectivity index (χ0) is 44.8. The third-order valence-electron chi connectivity index (χ3n) is 8.80. The highest BCUT2D eigenvalue weighted by Gasteiger charge is 2.13. The molecule has 0 saturated carbocycles. The number of nitrogen functional groups attached to an aromatic ring is 4. The summed E-state index contributed by atoms with van der Waals surface area (Å²) in [5.74, 6) is 3.78. The summed E-state index contributed by atoms with van der Waals surface area (Å²) in [6.07, 6.45) is 2.83. The first-order chi connectivity index (χ1) is 29.6. The number of nitrogens with two attached hydrogens (primary N) is 4. The molecule has 1 aliphatic heterocycles. The van der Waals surface area contributed by atoms with Gasteiger partial charge < -0.3 is 37.1 Å². The SMILES string of the molecule is Cc1ccc(Oc2ccc(N)c(N)c2)cc1.Cc1ccc(Oc2ccc([N+](=O)[O-])c(N)c2)cc1.Cc1ccc(Oc2ccc3c(c2)CC=N3)cc1.Nc1cc(F)ccc1[N+](=O)[O-]. The number of halogens is 1. The van der Waals surface area contributed by atoms with Crippen LogP contribution >= 0.6 is 0 Å². The molecule has 0 spiro atoms. The van der Waals surface area contributed by atoms with Crippen molar-refractivity contribution in [2.45, 2.75) is 27.2 Å². The molecule has 1 heterocycles. The first-order valence-electron chi connectivity index (χ1n) is 18.9. The molecule has 7 aromatic rings. The highest BCUT2D eigenvalue weighted by atomic mass is 19.1. The summed E-state index contributed by atoms with van der Waals surface area (Å²) in [7, 11) is 0. The monoisotopic (exact) mass is 837 g/mol. The lowest BCUT2D eigenvalue weighted by Gasteiger charge is -2.07. The molecule has 0 bridgehead atoms. The van der Waals surface area contributed by atoms with Gasteiger partial charge in [0.2, 0.25) is 0 Å². The minimum Gasteiger partial charge on any atom is -0.457 e. The molecule has 14 nitrogen and oxygen atoms in total. The van der Waals surface area contributed by atoms with Crippen molar-refractivity contribution in [1.82, 2.24) is 0 Å². The van der Waals surface area contributed by atoms with Crippen LogP contribution in [-0.4, -0.2) is 16.1 Å². The van der Waals surface area contributed by atoms with Crippen LogP contribution in [0.25, 0.3) is 0 Å². The highest BCUT2D eigenvalue weighted by Crippen LogP contribution is 2.32. The normalized spacial score (nSPS) is 10.6. The number of ether oxygens (including phenoxy) is 3. The second-order valence-corrected chi connectivity index (χ2v) is 13.8. The average molecular weight is 838 g/mol. The second kappa shape index (κ2) is 21.0. The number of nitro groups is 2. The van der Waals surface area contributed by atoms with Crippen molar-refractivity contribution in [3.63, 3.8) is 0 Å². The smallest absolute Gasteiger partial charge is 0.292 e. The lowest BCUT2D eigenvalue weighted by atomic mass is 10.1. The number of hydrogen-bond acceptors (Lipinski definition) is 12. The van der Waals surface area contributed by atoms with Crippen LogP contribution in [0.15, 0.2) is 151 Å². The van der Waals surface area contributed by atoms with Gasteiger partial charge in [-0.05, 0) is 105 Å². The zero-order valence-corrected chi connectivity index (χ0v) is 34.0. The molecule has 0 fully saturated rings. The predicted molar refractivity (Wildman–Crippen MR) is 242 cm³/mol. The standard InChI is InChI=1S/C15H13NO.C13H12N2O3.C13H14N2O.C6H5FN2O2/c1-11-2-4-13(5-3-11)17-14-6-7-15-12(10-14)8-9-16-15;1-9-2-4-10(5-3-9)18-11-6-7-13(15(16)17)12(14)8-11;1-9-2-4-10(5-3-9)16-11-6-7-12(14)13(15)8-11;7-4-1-2-6(9(10)11)5(8)3-4/h2-7,9-10H,8H2,1H3;2-8H,14H2,1H3;2-8H,14-15H2,1H3;1-3H,8H2. The van der Waals surface area contributed by atoms with Crippen molar-refractivity contribution in [2.75, 3.05) is 22.9 Å². The number of aliphatic imine (C=N–C) groups is 1. The molecule has 0 aromatic heterocycles. The van der Waals surface area contributed by atoms with Crippen molar-refractivity contribution in [2.24, 2.45) is 4.99 Å². The number of nitrogens with zero attached hydrogens (tertiary/aromatic N) is 3. The molecule has 0 unspecified atom stereocenters. The Morgan fingerprint density at radius 3 is 1.31 bits per heavy atom. The summed E-state index contributed by atoms with van der Waals surface area (Å²) in [5.41, 5.74) is 28.5. The van der Waals surface area contributed by atoms with E-state index in [9.17, 15) is 24.6 Å². The van der Waals surface area contributed by atoms with Crippen molar-refractivity contribution in [1.29, 1.82) is 0 Å². The Morgan fingerprint density at radius 1 is 0.484 bits per heavy atom. The fourth-order valence-corrected chi connectivity index (χ4v) is 5.45. The topological polar surface area (TPSA) is 230 Å². The molecule has 8 rings (SSSR count). The molecule has 8 N–H and O–H groups in total.